The fourth-order valence-corrected chi connectivity index (χ4v) is 3.77. The van der Waals surface area contributed by atoms with Crippen molar-refractivity contribution in [3.63, 3.8) is 0 Å². The first kappa shape index (κ1) is 22.3. The van der Waals surface area contributed by atoms with Gasteiger partial charge in [-0.3, -0.25) is 4.79 Å². The summed E-state index contributed by atoms with van der Waals surface area (Å²) in [4.78, 5) is 17.1. The number of nitrogens with one attached hydrogen (secondary N) is 1. The summed E-state index contributed by atoms with van der Waals surface area (Å²) >= 11 is 0. The Morgan fingerprint density at radius 1 is 1.29 bits per heavy atom. The van der Waals surface area contributed by atoms with E-state index in [1.54, 1.807) is 25.3 Å². The zero-order chi connectivity index (χ0) is 24.4. The van der Waals surface area contributed by atoms with Crippen molar-refractivity contribution in [3.8, 4) is 11.4 Å². The predicted octanol–water partition coefficient (Wildman–Crippen LogP) is 0.460. The van der Waals surface area contributed by atoms with E-state index >= 15 is 0 Å². The number of hydrogen-bond acceptors (Lipinski definition) is 9. The van der Waals surface area contributed by atoms with E-state index in [4.69, 9.17) is 16.3 Å². The van der Waals surface area contributed by atoms with E-state index in [1.165, 1.54) is 29.4 Å². The third-order valence-electron chi connectivity index (χ3n) is 5.69. The van der Waals surface area contributed by atoms with E-state index < -0.39 is 5.91 Å². The molecule has 1 aliphatic rings. The lowest BCUT2D eigenvalue weighted by Gasteiger charge is -2.13. The van der Waals surface area contributed by atoms with Gasteiger partial charge in [0, 0.05) is 24.5 Å². The SMILES string of the molecule is COc1ccc(-n2cnnn2)c(CNC(=O)/C(N)=N/N(N)Cc2cn3cc(C4CC4)ccc3n2)c1. The number of rotatable bonds is 8. The Bertz CT molecular complexity index is 1380. The highest BCUT2D eigenvalue weighted by Crippen LogP contribution is 2.39. The number of benzene rings is 1. The van der Waals surface area contributed by atoms with Crippen molar-refractivity contribution in [2.45, 2.75) is 31.8 Å². The molecule has 0 spiro atoms. The summed E-state index contributed by atoms with van der Waals surface area (Å²) in [5, 5.41) is 19.0. The van der Waals surface area contributed by atoms with Gasteiger partial charge in [0.1, 0.15) is 17.7 Å². The first-order chi connectivity index (χ1) is 17.0. The quantitative estimate of drug-likeness (QED) is 0.142. The number of nitrogens with zero attached hydrogens (tertiary/aromatic N) is 8. The zero-order valence-electron chi connectivity index (χ0n) is 19.1. The number of amidine groups is 1. The van der Waals surface area contributed by atoms with Crippen LogP contribution in [0.2, 0.25) is 0 Å². The smallest absolute Gasteiger partial charge is 0.288 e. The second-order valence-electron chi connectivity index (χ2n) is 8.25. The molecule has 0 unspecified atom stereocenters. The molecule has 0 aliphatic heterocycles. The van der Waals surface area contributed by atoms with E-state index in [1.807, 2.05) is 16.7 Å². The Balaban J connectivity index is 1.23. The van der Waals surface area contributed by atoms with Gasteiger partial charge in [-0.25, -0.2) is 20.6 Å². The lowest BCUT2D eigenvalue weighted by atomic mass is 10.1. The summed E-state index contributed by atoms with van der Waals surface area (Å²) in [7, 11) is 1.56. The first-order valence-electron chi connectivity index (χ1n) is 11.0. The number of hydrazone groups is 1. The van der Waals surface area contributed by atoms with Crippen LogP contribution in [0.3, 0.4) is 0 Å². The number of hydrogen-bond donors (Lipinski definition) is 3. The Morgan fingerprint density at radius 3 is 2.89 bits per heavy atom. The molecule has 3 aromatic heterocycles. The Morgan fingerprint density at radius 2 is 2.14 bits per heavy atom. The molecule has 5 rings (SSSR count). The molecule has 180 valence electrons. The largest absolute Gasteiger partial charge is 0.497 e. The molecular weight excluding hydrogens is 450 g/mol. The van der Waals surface area contributed by atoms with Crippen LogP contribution in [0.5, 0.6) is 5.75 Å². The Hall–Kier alpha value is -4.52. The second kappa shape index (κ2) is 9.38. The molecule has 1 aromatic carbocycles. The average Bonchev–Trinajstić information content (AvgIpc) is 3.41. The van der Waals surface area contributed by atoms with Gasteiger partial charge < -0.3 is 20.2 Å². The Kier molecular flexibility index (Phi) is 5.97. The molecule has 13 nitrogen and oxygen atoms in total. The molecule has 5 N–H and O–H groups in total. The Labute approximate surface area is 200 Å². The van der Waals surface area contributed by atoms with Crippen LogP contribution in [0, 0.1) is 0 Å². The highest BCUT2D eigenvalue weighted by Gasteiger charge is 2.23. The maximum atomic E-state index is 12.6. The third kappa shape index (κ3) is 5.04. The molecule has 0 saturated heterocycles. The molecule has 1 fully saturated rings. The van der Waals surface area contributed by atoms with Gasteiger partial charge in [0.15, 0.2) is 0 Å². The maximum absolute atomic E-state index is 12.6. The number of imidazole rings is 1. The second-order valence-corrected chi connectivity index (χ2v) is 8.25. The van der Waals surface area contributed by atoms with Crippen LogP contribution in [0.1, 0.15) is 35.6 Å². The molecule has 35 heavy (non-hydrogen) atoms. The number of nitrogens with two attached hydrogens (primary N) is 2. The van der Waals surface area contributed by atoms with Crippen LogP contribution in [-0.2, 0) is 17.9 Å². The molecule has 0 radical (unpaired) electrons. The number of hydrazine groups is 1. The number of fused-ring (bicyclic) bond motifs is 1. The van der Waals surface area contributed by atoms with E-state index in [0.717, 1.165) is 16.3 Å². The molecule has 3 heterocycles. The summed E-state index contributed by atoms with van der Waals surface area (Å²) < 4.78 is 8.75. The van der Waals surface area contributed by atoms with Crippen LogP contribution in [0.4, 0.5) is 0 Å². The minimum atomic E-state index is -0.574. The van der Waals surface area contributed by atoms with Gasteiger partial charge in [0.2, 0.25) is 5.84 Å². The van der Waals surface area contributed by atoms with Gasteiger partial charge in [-0.05, 0) is 59.0 Å². The molecule has 0 atom stereocenters. The zero-order valence-corrected chi connectivity index (χ0v) is 19.1. The van der Waals surface area contributed by atoms with Crippen LogP contribution in [0.15, 0.2) is 54.2 Å². The molecule has 13 heteroatoms. The molecule has 1 amide bonds. The van der Waals surface area contributed by atoms with Crippen molar-refractivity contribution in [3.05, 3.63) is 65.9 Å². The molecular formula is C22H25N11O2. The number of ether oxygens (including phenoxy) is 1. The summed E-state index contributed by atoms with van der Waals surface area (Å²) in [5.41, 5.74) is 10.1. The third-order valence-corrected chi connectivity index (χ3v) is 5.69. The number of tetrazole rings is 1. The minimum Gasteiger partial charge on any atom is -0.497 e. The van der Waals surface area contributed by atoms with Gasteiger partial charge in [-0.2, -0.15) is 0 Å². The van der Waals surface area contributed by atoms with Crippen molar-refractivity contribution >= 4 is 17.4 Å². The van der Waals surface area contributed by atoms with Crippen molar-refractivity contribution in [1.29, 1.82) is 0 Å². The minimum absolute atomic E-state index is 0.141. The van der Waals surface area contributed by atoms with Gasteiger partial charge in [0.25, 0.3) is 5.91 Å². The normalized spacial score (nSPS) is 13.7. The number of aromatic nitrogens is 6. The van der Waals surface area contributed by atoms with Gasteiger partial charge >= 0.3 is 0 Å². The fourth-order valence-electron chi connectivity index (χ4n) is 3.77. The fraction of sp³-hybridized carbons (Fsp3) is 0.273. The van der Waals surface area contributed by atoms with Gasteiger partial charge in [0.05, 0.1) is 25.0 Å². The molecule has 1 aliphatic carbocycles. The molecule has 4 aromatic rings. The highest BCUT2D eigenvalue weighted by molar-refractivity contribution is 6.37. The monoisotopic (exact) mass is 475 g/mol. The lowest BCUT2D eigenvalue weighted by molar-refractivity contribution is -0.115. The van der Waals surface area contributed by atoms with Gasteiger partial charge in [-0.1, -0.05) is 6.07 Å². The number of pyridine rings is 1. The van der Waals surface area contributed by atoms with Crippen molar-refractivity contribution < 1.29 is 9.53 Å². The van der Waals surface area contributed by atoms with Crippen LogP contribution < -0.4 is 21.6 Å². The highest BCUT2D eigenvalue weighted by atomic mass is 16.5. The summed E-state index contributed by atoms with van der Waals surface area (Å²) in [6.45, 7) is 0.329. The standard InChI is InChI=1S/C22H25N11O2/c1-35-18-5-6-19(32-13-26-29-30-32)16(8-18)9-25-22(34)21(23)28-33(24)12-17-11-31-10-15(14-2-3-14)4-7-20(31)27-17/h4-8,10-11,13-14H,2-3,9,12,24H2,1H3,(H2,23,28)(H,25,34). The first-order valence-corrected chi connectivity index (χ1v) is 11.0. The lowest BCUT2D eigenvalue weighted by Crippen LogP contribution is -2.39. The number of amides is 1. The topological polar surface area (TPSA) is 167 Å². The van der Waals surface area contributed by atoms with E-state index in [0.29, 0.717) is 23.0 Å². The number of carbonyl (C=O) groups excluding carboxylic acids is 1. The van der Waals surface area contributed by atoms with Gasteiger partial charge in [-0.15, -0.1) is 10.2 Å². The van der Waals surface area contributed by atoms with E-state index in [-0.39, 0.29) is 18.9 Å². The number of methoxy groups -OCH3 is 1. The molecule has 1 saturated carbocycles. The molecule has 0 bridgehead atoms. The van der Waals surface area contributed by atoms with E-state index in [2.05, 4.69) is 43.2 Å². The van der Waals surface area contributed by atoms with Crippen LogP contribution in [0.25, 0.3) is 11.3 Å². The van der Waals surface area contributed by atoms with E-state index in [9.17, 15) is 4.79 Å². The number of carbonyl (C=O) groups is 1. The average molecular weight is 476 g/mol. The maximum Gasteiger partial charge on any atom is 0.288 e. The summed E-state index contributed by atoms with van der Waals surface area (Å²) in [5.74, 6) is 6.41. The van der Waals surface area contributed by atoms with Crippen LogP contribution in [-0.4, -0.2) is 53.6 Å². The predicted molar refractivity (Wildman–Crippen MR) is 126 cm³/mol. The van der Waals surface area contributed by atoms with Crippen molar-refractivity contribution in [2.75, 3.05) is 7.11 Å². The summed E-state index contributed by atoms with van der Waals surface area (Å²) in [6, 6.07) is 9.44. The summed E-state index contributed by atoms with van der Waals surface area (Å²) in [6.07, 6.45) is 7.92. The van der Waals surface area contributed by atoms with Crippen molar-refractivity contribution in [1.82, 2.24) is 40.0 Å². The van der Waals surface area contributed by atoms with Crippen LogP contribution >= 0.6 is 0 Å². The van der Waals surface area contributed by atoms with Crippen molar-refractivity contribution in [2.24, 2.45) is 16.7 Å².